The first-order valence-corrected chi connectivity index (χ1v) is 5.19. The van der Waals surface area contributed by atoms with Gasteiger partial charge in [0, 0.05) is 18.2 Å². The van der Waals surface area contributed by atoms with Gasteiger partial charge in [-0.05, 0) is 18.8 Å². The monoisotopic (exact) mass is 188 g/mol. The third-order valence-electron chi connectivity index (χ3n) is 3.36. The van der Waals surface area contributed by atoms with Gasteiger partial charge in [0.25, 0.3) is 0 Å². The molecule has 0 bridgehead atoms. The summed E-state index contributed by atoms with van der Waals surface area (Å²) in [7, 11) is 0. The van der Waals surface area contributed by atoms with Crippen molar-refractivity contribution in [3.8, 4) is 0 Å². The van der Waals surface area contributed by atoms with E-state index in [-0.39, 0.29) is 11.8 Å². The molecule has 1 saturated carbocycles. The predicted molar refractivity (Wildman–Crippen MR) is 54.8 cm³/mol. The molecule has 3 aliphatic rings. The molecule has 0 aromatic heterocycles. The Hall–Kier alpha value is -1.25. The maximum Gasteiger partial charge on any atom is 0.201 e. The lowest BCUT2D eigenvalue weighted by Gasteiger charge is -2.32. The van der Waals surface area contributed by atoms with Gasteiger partial charge in [-0.25, -0.2) is 0 Å². The number of hydrogen-bond acceptors (Lipinski definition) is 3. The second-order valence-electron chi connectivity index (χ2n) is 4.16. The van der Waals surface area contributed by atoms with Gasteiger partial charge in [-0.2, -0.15) is 0 Å². The molecule has 3 rings (SSSR count). The molecule has 2 aliphatic heterocycles. The predicted octanol–water partition coefficient (Wildman–Crippen LogP) is 1.54. The lowest BCUT2D eigenvalue weighted by Crippen LogP contribution is -2.30. The molecule has 3 nitrogen and oxygen atoms in total. The summed E-state index contributed by atoms with van der Waals surface area (Å²) in [6.45, 7) is 0. The molecule has 3 heteroatoms. The first kappa shape index (κ1) is 8.09. The molecule has 1 aliphatic carbocycles. The van der Waals surface area contributed by atoms with Crippen molar-refractivity contribution in [3.05, 3.63) is 11.3 Å². The number of ketones is 1. The van der Waals surface area contributed by atoms with Crippen LogP contribution in [0.5, 0.6) is 0 Å². The molecule has 0 amide bonds. The maximum absolute atomic E-state index is 11.5. The van der Waals surface area contributed by atoms with Crippen molar-refractivity contribution >= 4 is 18.2 Å². The maximum atomic E-state index is 11.5. The van der Waals surface area contributed by atoms with Crippen LogP contribution < -0.4 is 0 Å². The normalized spacial score (nSPS) is 30.9. The van der Waals surface area contributed by atoms with Gasteiger partial charge in [-0.15, -0.1) is 0 Å². The highest BCUT2D eigenvalue weighted by Crippen LogP contribution is 2.38. The van der Waals surface area contributed by atoms with Gasteiger partial charge in [-0.1, -0.05) is 6.42 Å². The van der Waals surface area contributed by atoms with Gasteiger partial charge in [0.2, 0.25) is 5.78 Å². The molecule has 0 saturated heterocycles. The number of rotatable bonds is 1. The van der Waals surface area contributed by atoms with Crippen molar-refractivity contribution in [1.82, 2.24) is 0 Å². The summed E-state index contributed by atoms with van der Waals surface area (Å²) in [4.78, 5) is 20.1. The second kappa shape index (κ2) is 2.87. The third kappa shape index (κ3) is 1.01. The van der Waals surface area contributed by atoms with E-state index >= 15 is 0 Å². The van der Waals surface area contributed by atoms with Crippen molar-refractivity contribution in [2.45, 2.75) is 31.7 Å². The van der Waals surface area contributed by atoms with Crippen LogP contribution in [0.3, 0.4) is 0 Å². The fraction of sp³-hybridized carbons (Fsp3) is 0.545. The van der Waals surface area contributed by atoms with E-state index in [2.05, 4.69) is 9.98 Å². The molecule has 1 unspecified atom stereocenters. The van der Waals surface area contributed by atoms with Gasteiger partial charge < -0.3 is 0 Å². The minimum absolute atomic E-state index is 0.0630. The standard InChI is InChI=1S/C11H12N2O/c14-9-6-13-10(7-2-1-3-7)11-8(9)4-5-12-11/h5-7,10H,1-4H2. The summed E-state index contributed by atoms with van der Waals surface area (Å²) < 4.78 is 0. The smallest absolute Gasteiger partial charge is 0.201 e. The first-order valence-electron chi connectivity index (χ1n) is 5.19. The van der Waals surface area contributed by atoms with Crippen LogP contribution in [-0.2, 0) is 4.79 Å². The van der Waals surface area contributed by atoms with Crippen LogP contribution in [0.2, 0.25) is 0 Å². The van der Waals surface area contributed by atoms with Crippen LogP contribution in [0, 0.1) is 5.92 Å². The fourth-order valence-corrected chi connectivity index (χ4v) is 2.30. The number of Topliss-reactive ketones (excluding diaryl/α,β-unsaturated/α-hetero) is 1. The molecule has 0 N–H and O–H groups in total. The number of hydrogen-bond donors (Lipinski definition) is 0. The lowest BCUT2D eigenvalue weighted by atomic mass is 9.77. The van der Waals surface area contributed by atoms with Gasteiger partial charge >= 0.3 is 0 Å². The largest absolute Gasteiger partial charge is 0.288 e. The molecule has 0 aromatic carbocycles. The number of nitrogens with zero attached hydrogens (tertiary/aromatic N) is 2. The van der Waals surface area contributed by atoms with E-state index in [1.165, 1.54) is 25.5 Å². The molecular weight excluding hydrogens is 176 g/mol. The minimum atomic E-state index is 0.0630. The number of dihydropyridines is 1. The average Bonchev–Trinajstić information content (AvgIpc) is 2.55. The van der Waals surface area contributed by atoms with Crippen molar-refractivity contribution in [2.75, 3.05) is 0 Å². The van der Waals surface area contributed by atoms with E-state index in [1.807, 2.05) is 6.21 Å². The second-order valence-corrected chi connectivity index (χ2v) is 4.16. The van der Waals surface area contributed by atoms with Crippen LogP contribution in [0.4, 0.5) is 0 Å². The Balaban J connectivity index is 1.94. The molecule has 2 heterocycles. The fourth-order valence-electron chi connectivity index (χ4n) is 2.30. The molecule has 0 spiro atoms. The summed E-state index contributed by atoms with van der Waals surface area (Å²) in [6.07, 6.45) is 7.82. The molecule has 0 radical (unpaired) electrons. The Kier molecular flexibility index (Phi) is 1.66. The van der Waals surface area contributed by atoms with E-state index in [4.69, 9.17) is 0 Å². The molecule has 14 heavy (non-hydrogen) atoms. The number of carbonyl (C=O) groups is 1. The van der Waals surface area contributed by atoms with Crippen LogP contribution in [0.15, 0.2) is 21.3 Å². The van der Waals surface area contributed by atoms with Gasteiger partial charge in [0.15, 0.2) is 0 Å². The SMILES string of the molecule is O=C1C=NC(C2CCC2)C2=C1CC=N2. The van der Waals surface area contributed by atoms with E-state index < -0.39 is 0 Å². The molecular formula is C11H12N2O. The van der Waals surface area contributed by atoms with E-state index in [9.17, 15) is 4.79 Å². The first-order chi connectivity index (χ1) is 6.86. The summed E-state index contributed by atoms with van der Waals surface area (Å²) in [5, 5.41) is 0. The number of allylic oxidation sites excluding steroid dienone is 1. The Bertz CT molecular complexity index is 375. The van der Waals surface area contributed by atoms with Crippen molar-refractivity contribution < 1.29 is 4.79 Å². The lowest BCUT2D eigenvalue weighted by molar-refractivity contribution is -0.109. The van der Waals surface area contributed by atoms with E-state index in [0.29, 0.717) is 12.3 Å². The quantitative estimate of drug-likeness (QED) is 0.615. The average molecular weight is 188 g/mol. The van der Waals surface area contributed by atoms with Crippen molar-refractivity contribution in [2.24, 2.45) is 15.9 Å². The van der Waals surface area contributed by atoms with Crippen molar-refractivity contribution in [3.63, 3.8) is 0 Å². The van der Waals surface area contributed by atoms with Crippen LogP contribution in [-0.4, -0.2) is 24.3 Å². The zero-order valence-electron chi connectivity index (χ0n) is 7.94. The molecule has 0 aromatic rings. The van der Waals surface area contributed by atoms with E-state index in [1.54, 1.807) is 0 Å². The molecule has 1 atom stereocenters. The third-order valence-corrected chi connectivity index (χ3v) is 3.36. The topological polar surface area (TPSA) is 41.8 Å². The summed E-state index contributed by atoms with van der Waals surface area (Å²) in [6, 6.07) is 0.190. The zero-order chi connectivity index (χ0) is 9.54. The Morgan fingerprint density at radius 3 is 2.93 bits per heavy atom. The number of carbonyl (C=O) groups excluding carboxylic acids is 1. The van der Waals surface area contributed by atoms with Crippen LogP contribution in [0.25, 0.3) is 0 Å². The van der Waals surface area contributed by atoms with Crippen LogP contribution >= 0.6 is 0 Å². The zero-order valence-corrected chi connectivity index (χ0v) is 7.94. The summed E-state index contributed by atoms with van der Waals surface area (Å²) in [5.74, 6) is 0.702. The van der Waals surface area contributed by atoms with Gasteiger partial charge in [0.05, 0.1) is 18.0 Å². The molecule has 72 valence electrons. The minimum Gasteiger partial charge on any atom is -0.288 e. The summed E-state index contributed by atoms with van der Waals surface area (Å²) >= 11 is 0. The number of aliphatic imine (C=N–C) groups is 2. The Labute approximate surface area is 82.6 Å². The van der Waals surface area contributed by atoms with Crippen molar-refractivity contribution in [1.29, 1.82) is 0 Å². The highest BCUT2D eigenvalue weighted by Gasteiger charge is 2.35. The summed E-state index contributed by atoms with van der Waals surface area (Å²) in [5.41, 5.74) is 1.85. The highest BCUT2D eigenvalue weighted by atomic mass is 16.1. The van der Waals surface area contributed by atoms with Gasteiger partial charge in [-0.3, -0.25) is 14.8 Å². The highest BCUT2D eigenvalue weighted by molar-refractivity contribution is 6.37. The Morgan fingerprint density at radius 2 is 2.21 bits per heavy atom. The van der Waals surface area contributed by atoms with Crippen LogP contribution in [0.1, 0.15) is 25.7 Å². The molecule has 1 fully saturated rings. The van der Waals surface area contributed by atoms with Gasteiger partial charge in [0.1, 0.15) is 0 Å². The van der Waals surface area contributed by atoms with E-state index in [0.717, 1.165) is 11.3 Å². The Morgan fingerprint density at radius 1 is 1.36 bits per heavy atom.